The molecule has 1 aliphatic rings. The van der Waals surface area contributed by atoms with Gasteiger partial charge in [0.2, 0.25) is 0 Å². The zero-order valence-corrected chi connectivity index (χ0v) is 18.4. The Morgan fingerprint density at radius 1 is 0.679 bits per heavy atom. The van der Waals surface area contributed by atoms with Crippen LogP contribution in [0.25, 0.3) is 22.1 Å². The van der Waals surface area contributed by atoms with Gasteiger partial charge in [-0.3, -0.25) is 5.32 Å². The first-order valence-corrected chi connectivity index (χ1v) is 8.52. The summed E-state index contributed by atoms with van der Waals surface area (Å²) in [7, 11) is 0. The molecule has 3 N–H and O–H groups in total. The summed E-state index contributed by atoms with van der Waals surface area (Å²) >= 11 is 0. The average molecular weight is 476 g/mol. The third-order valence-corrected chi connectivity index (χ3v) is 4.86. The van der Waals surface area contributed by atoms with E-state index in [4.69, 9.17) is 9.97 Å². The van der Waals surface area contributed by atoms with E-state index in [1.165, 1.54) is 0 Å². The normalized spacial score (nSPS) is 18.4. The Kier molecular flexibility index (Phi) is 9.29. The minimum Gasteiger partial charge on any atom is -1.00 e. The van der Waals surface area contributed by atoms with E-state index in [1.54, 1.807) is 0 Å². The molecule has 2 aromatic carbocycles. The molecule has 4 aromatic rings. The first-order chi connectivity index (χ1) is 11.9. The number of imidazole rings is 2. The van der Waals surface area contributed by atoms with Crippen molar-refractivity contribution in [1.82, 2.24) is 25.3 Å². The maximum absolute atomic E-state index is 4.76. The predicted molar refractivity (Wildman–Crippen MR) is 94.7 cm³/mol. The molecule has 0 spiro atoms. The molecule has 1 aliphatic heterocycles. The standard InChI is InChI=1S/C19H19N5.3ClH.Cr/c1-2-7-13-12(6-1)21-18(22-13)16-10-5-11-17(20-16)19-23-14-8-3-4-9-15(14)24-19;;;;/h1-4,6-9,16-17,20H,5,10-11H2,(H,21,22)(H,23,24);3*1H;/q;;;;+3/p-3. The Bertz CT molecular complexity index is 873. The molecule has 5 nitrogen and oxygen atoms in total. The third kappa shape index (κ3) is 4.65. The van der Waals surface area contributed by atoms with Crippen LogP contribution in [0.5, 0.6) is 0 Å². The van der Waals surface area contributed by atoms with Gasteiger partial charge in [0.1, 0.15) is 11.6 Å². The number of halogens is 3. The number of nitrogens with one attached hydrogen (secondary N) is 3. The van der Waals surface area contributed by atoms with Crippen LogP contribution in [-0.2, 0) is 17.4 Å². The quantitative estimate of drug-likeness (QED) is 0.272. The summed E-state index contributed by atoms with van der Waals surface area (Å²) in [6, 6.07) is 16.9. The molecule has 0 aliphatic carbocycles. The Morgan fingerprint density at radius 2 is 1.11 bits per heavy atom. The molecule has 9 heteroatoms. The van der Waals surface area contributed by atoms with Gasteiger partial charge in [0.15, 0.2) is 0 Å². The largest absolute Gasteiger partial charge is 3.00 e. The number of H-pyrrole nitrogens is 2. The van der Waals surface area contributed by atoms with E-state index >= 15 is 0 Å². The molecule has 1 fully saturated rings. The van der Waals surface area contributed by atoms with Crippen LogP contribution in [0.4, 0.5) is 0 Å². The van der Waals surface area contributed by atoms with Crippen LogP contribution >= 0.6 is 0 Å². The Labute approximate surface area is 192 Å². The van der Waals surface area contributed by atoms with Crippen molar-refractivity contribution in [2.75, 3.05) is 0 Å². The number of nitrogens with zero attached hydrogens (tertiary/aromatic N) is 2. The molecule has 0 saturated carbocycles. The molecule has 2 atom stereocenters. The Balaban J connectivity index is 0.000000980. The second-order valence-corrected chi connectivity index (χ2v) is 6.48. The molecule has 5 rings (SSSR count). The summed E-state index contributed by atoms with van der Waals surface area (Å²) in [5.74, 6) is 2.05. The van der Waals surface area contributed by atoms with Gasteiger partial charge in [-0.15, -0.1) is 0 Å². The summed E-state index contributed by atoms with van der Waals surface area (Å²) in [6.45, 7) is 0. The van der Waals surface area contributed by atoms with E-state index in [9.17, 15) is 0 Å². The fourth-order valence-corrected chi connectivity index (χ4v) is 3.64. The van der Waals surface area contributed by atoms with Crippen molar-refractivity contribution in [3.8, 4) is 0 Å². The molecule has 2 unspecified atom stereocenters. The van der Waals surface area contributed by atoms with Crippen molar-refractivity contribution in [3.05, 3.63) is 60.2 Å². The number of fused-ring (bicyclic) bond motifs is 2. The van der Waals surface area contributed by atoms with Crippen molar-refractivity contribution in [2.45, 2.75) is 31.3 Å². The molecule has 0 amide bonds. The summed E-state index contributed by atoms with van der Waals surface area (Å²) in [4.78, 5) is 16.4. The smallest absolute Gasteiger partial charge is 1.00 e. The molecule has 1 radical (unpaired) electrons. The molecule has 28 heavy (non-hydrogen) atoms. The van der Waals surface area contributed by atoms with E-state index in [2.05, 4.69) is 39.6 Å². The van der Waals surface area contributed by atoms with Crippen LogP contribution < -0.4 is 42.5 Å². The summed E-state index contributed by atoms with van der Waals surface area (Å²) in [5, 5.41) is 3.72. The zero-order chi connectivity index (χ0) is 15.9. The van der Waals surface area contributed by atoms with Crippen molar-refractivity contribution in [2.24, 2.45) is 0 Å². The van der Waals surface area contributed by atoms with Gasteiger partial charge in [0.05, 0.1) is 34.2 Å². The van der Waals surface area contributed by atoms with Crippen LogP contribution in [0.2, 0.25) is 0 Å². The van der Waals surface area contributed by atoms with Crippen molar-refractivity contribution in [3.63, 3.8) is 0 Å². The minimum atomic E-state index is 0. The van der Waals surface area contributed by atoms with Gasteiger partial charge < -0.3 is 47.2 Å². The fourth-order valence-electron chi connectivity index (χ4n) is 3.64. The third-order valence-electron chi connectivity index (χ3n) is 4.86. The zero-order valence-electron chi connectivity index (χ0n) is 14.8. The van der Waals surface area contributed by atoms with Gasteiger partial charge in [0, 0.05) is 0 Å². The van der Waals surface area contributed by atoms with Crippen LogP contribution in [0.3, 0.4) is 0 Å². The molecule has 2 aromatic heterocycles. The first kappa shape index (κ1) is 24.8. The van der Waals surface area contributed by atoms with Crippen LogP contribution in [0.1, 0.15) is 43.0 Å². The van der Waals surface area contributed by atoms with Crippen LogP contribution in [0.15, 0.2) is 48.5 Å². The SMILES string of the molecule is [Cl-].[Cl-].[Cl-].[Cr+3].c1ccc2[nH]c(C3CCCC(c4nc5ccccc5[nH]4)N3)nc2c1. The van der Waals surface area contributed by atoms with Gasteiger partial charge in [-0.25, -0.2) is 9.97 Å². The molecular weight excluding hydrogens is 457 g/mol. The Hall–Kier alpha value is -1.26. The van der Waals surface area contributed by atoms with Gasteiger partial charge in [-0.2, -0.15) is 0 Å². The number of hydrogen-bond donors (Lipinski definition) is 3. The summed E-state index contributed by atoms with van der Waals surface area (Å²) in [6.07, 6.45) is 3.35. The van der Waals surface area contributed by atoms with Gasteiger partial charge >= 0.3 is 17.4 Å². The topological polar surface area (TPSA) is 69.4 Å². The fraction of sp³-hybridized carbons (Fsp3) is 0.263. The number of aromatic amines is 2. The molecule has 147 valence electrons. The van der Waals surface area contributed by atoms with E-state index in [-0.39, 0.29) is 66.7 Å². The number of benzene rings is 2. The van der Waals surface area contributed by atoms with Crippen molar-refractivity contribution in [1.29, 1.82) is 0 Å². The van der Waals surface area contributed by atoms with E-state index in [0.717, 1.165) is 53.0 Å². The molecule has 3 heterocycles. The predicted octanol–water partition coefficient (Wildman–Crippen LogP) is -5.00. The number of aromatic nitrogens is 4. The maximum atomic E-state index is 4.76. The molecular formula is C19H19Cl3CrN5. The van der Waals surface area contributed by atoms with Gasteiger partial charge in [0.25, 0.3) is 0 Å². The number of hydrogen-bond acceptors (Lipinski definition) is 3. The molecule has 1 saturated heterocycles. The van der Waals surface area contributed by atoms with Gasteiger partial charge in [-0.1, -0.05) is 24.3 Å². The Morgan fingerprint density at radius 3 is 1.54 bits per heavy atom. The number of para-hydroxylation sites is 4. The van der Waals surface area contributed by atoms with Crippen molar-refractivity contribution >= 4 is 22.1 Å². The average Bonchev–Trinajstić information content (AvgIpc) is 3.26. The van der Waals surface area contributed by atoms with Crippen molar-refractivity contribution < 1.29 is 54.6 Å². The van der Waals surface area contributed by atoms with E-state index in [1.807, 2.05) is 24.3 Å². The monoisotopic (exact) mass is 474 g/mol. The maximum Gasteiger partial charge on any atom is 3.00 e. The second kappa shape index (κ2) is 10.5. The molecule has 0 bridgehead atoms. The van der Waals surface area contributed by atoms with Crippen LogP contribution in [0, 0.1) is 0 Å². The van der Waals surface area contributed by atoms with E-state index < -0.39 is 0 Å². The van der Waals surface area contributed by atoms with Gasteiger partial charge in [-0.05, 0) is 43.5 Å². The minimum absolute atomic E-state index is 0. The first-order valence-electron chi connectivity index (χ1n) is 8.52. The van der Waals surface area contributed by atoms with E-state index in [0.29, 0.717) is 0 Å². The summed E-state index contributed by atoms with van der Waals surface area (Å²) < 4.78 is 0. The summed E-state index contributed by atoms with van der Waals surface area (Å²) in [5.41, 5.74) is 4.25. The number of rotatable bonds is 2. The second-order valence-electron chi connectivity index (χ2n) is 6.48. The number of piperidine rings is 1. The van der Waals surface area contributed by atoms with Crippen LogP contribution in [-0.4, -0.2) is 19.9 Å².